The molecule has 2 heterocycles. The molecule has 1 saturated heterocycles. The fourth-order valence-corrected chi connectivity index (χ4v) is 5.55. The number of hydrogen-bond acceptors (Lipinski definition) is 4. The van der Waals surface area contributed by atoms with Crippen molar-refractivity contribution in [2.24, 2.45) is 0 Å². The topological polar surface area (TPSA) is 69.7 Å². The minimum absolute atomic E-state index is 0.106. The number of thiophene rings is 1. The van der Waals surface area contributed by atoms with Gasteiger partial charge in [0.15, 0.2) is 0 Å². The lowest BCUT2D eigenvalue weighted by molar-refractivity contribution is -0.157. The van der Waals surface area contributed by atoms with Crippen LogP contribution in [0.5, 0.6) is 0 Å². The second kappa shape index (κ2) is 13.1. The van der Waals surface area contributed by atoms with Crippen LogP contribution in [-0.4, -0.2) is 58.7 Å². The lowest BCUT2D eigenvalue weighted by Crippen LogP contribution is -2.62. The second-order valence-corrected chi connectivity index (χ2v) is 10.9. The quantitative estimate of drug-likeness (QED) is 0.278. The van der Waals surface area contributed by atoms with Gasteiger partial charge >= 0.3 is 0 Å². The maximum Gasteiger partial charge on any atom is 0.247 e. The van der Waals surface area contributed by atoms with Crippen LogP contribution in [0.2, 0.25) is 5.02 Å². The highest BCUT2D eigenvalue weighted by Gasteiger charge is 2.42. The monoisotopic (exact) mass is 557 g/mol. The minimum atomic E-state index is -0.899. The number of nitrogens with zero attached hydrogens (tertiary/aromatic N) is 2. The number of alkyl halides is 1. The Labute approximate surface area is 231 Å². The van der Waals surface area contributed by atoms with E-state index in [1.165, 1.54) is 4.90 Å². The number of rotatable bonds is 11. The van der Waals surface area contributed by atoms with E-state index in [2.05, 4.69) is 5.32 Å². The van der Waals surface area contributed by atoms with E-state index >= 15 is 0 Å². The van der Waals surface area contributed by atoms with Crippen molar-refractivity contribution in [2.75, 3.05) is 19.6 Å². The number of hydrogen-bond donors (Lipinski definition) is 1. The molecule has 0 spiro atoms. The lowest BCUT2D eigenvalue weighted by Gasteiger charge is -2.41. The highest BCUT2D eigenvalue weighted by molar-refractivity contribution is 7.09. The van der Waals surface area contributed by atoms with Crippen LogP contribution >= 0.6 is 34.5 Å². The number of nitrogens with one attached hydrogen (secondary N) is 1. The molecule has 0 aliphatic carbocycles. The molecule has 0 bridgehead atoms. The molecule has 3 aromatic rings. The molecule has 2 aromatic carbocycles. The third kappa shape index (κ3) is 7.57. The smallest absolute Gasteiger partial charge is 0.247 e. The molecule has 3 amide bonds. The fourth-order valence-electron chi connectivity index (χ4n) is 4.38. The maximum absolute atomic E-state index is 13.6. The van der Waals surface area contributed by atoms with Crippen LogP contribution < -0.4 is 5.32 Å². The lowest BCUT2D eigenvalue weighted by atomic mass is 10.0. The summed E-state index contributed by atoms with van der Waals surface area (Å²) >= 11 is 14.2. The fraction of sp³-hybridized carbons (Fsp3) is 0.321. The van der Waals surface area contributed by atoms with Crippen molar-refractivity contribution in [3.8, 4) is 0 Å². The van der Waals surface area contributed by atoms with Crippen LogP contribution in [0.4, 0.5) is 0 Å². The molecule has 4 rings (SSSR count). The van der Waals surface area contributed by atoms with E-state index in [0.717, 1.165) is 16.0 Å². The Morgan fingerprint density at radius 2 is 1.76 bits per heavy atom. The second-order valence-electron chi connectivity index (χ2n) is 8.95. The standard InChI is InChI=1S/C28H29Cl2N3O3S/c29-22-10-8-21(9-11-22)17-25(30)33-19-27(35)32(15-13-23-7-4-16-37-23)24(28(33)36)18-26(34)31-14-12-20-5-2-1-3-6-20/h1-11,16,24-25H,12-15,17-19H2,(H,31,34). The highest BCUT2D eigenvalue weighted by atomic mass is 35.5. The molecule has 1 N–H and O–H groups in total. The molecule has 0 radical (unpaired) electrons. The first-order valence-corrected chi connectivity index (χ1v) is 13.9. The Morgan fingerprint density at radius 3 is 2.46 bits per heavy atom. The van der Waals surface area contributed by atoms with Crippen LogP contribution in [0.15, 0.2) is 72.1 Å². The number of benzene rings is 2. The molecular formula is C28H29Cl2N3O3S. The van der Waals surface area contributed by atoms with Crippen LogP contribution in [0.3, 0.4) is 0 Å². The SMILES string of the molecule is O=C(CC1C(=O)N(C(Cl)Cc2ccc(Cl)cc2)CC(=O)N1CCc1cccs1)NCCc1ccccc1. The first-order valence-electron chi connectivity index (χ1n) is 12.2. The largest absolute Gasteiger partial charge is 0.356 e. The molecule has 2 atom stereocenters. The molecule has 1 fully saturated rings. The summed E-state index contributed by atoms with van der Waals surface area (Å²) in [5, 5.41) is 5.49. The molecule has 2 unspecified atom stereocenters. The van der Waals surface area contributed by atoms with Crippen molar-refractivity contribution in [1.29, 1.82) is 0 Å². The predicted molar refractivity (Wildman–Crippen MR) is 148 cm³/mol. The van der Waals surface area contributed by atoms with E-state index in [-0.39, 0.29) is 30.7 Å². The maximum atomic E-state index is 13.6. The van der Waals surface area contributed by atoms with Gasteiger partial charge < -0.3 is 15.1 Å². The summed E-state index contributed by atoms with van der Waals surface area (Å²) < 4.78 is 0. The third-order valence-corrected chi connectivity index (χ3v) is 7.94. The van der Waals surface area contributed by atoms with E-state index in [1.807, 2.05) is 60.0 Å². The van der Waals surface area contributed by atoms with Gasteiger partial charge in [0.1, 0.15) is 18.1 Å². The molecule has 0 saturated carbocycles. The zero-order chi connectivity index (χ0) is 26.2. The average Bonchev–Trinajstić information content (AvgIpc) is 3.41. The van der Waals surface area contributed by atoms with E-state index in [4.69, 9.17) is 23.2 Å². The molecular weight excluding hydrogens is 529 g/mol. The Kier molecular flexibility index (Phi) is 9.61. The normalized spacial score (nSPS) is 16.6. The number of carbonyl (C=O) groups is 3. The third-order valence-electron chi connectivity index (χ3n) is 6.36. The Balaban J connectivity index is 1.43. The number of carbonyl (C=O) groups excluding carboxylic acids is 3. The molecule has 1 aromatic heterocycles. The van der Waals surface area contributed by atoms with Crippen LogP contribution in [0.1, 0.15) is 22.4 Å². The van der Waals surface area contributed by atoms with Crippen molar-refractivity contribution in [3.05, 3.63) is 93.1 Å². The van der Waals surface area contributed by atoms with Crippen LogP contribution in [0, 0.1) is 0 Å². The van der Waals surface area contributed by atoms with Gasteiger partial charge in [-0.2, -0.15) is 0 Å². The predicted octanol–water partition coefficient (Wildman–Crippen LogP) is 4.54. The van der Waals surface area contributed by atoms with Crippen LogP contribution in [0.25, 0.3) is 0 Å². The van der Waals surface area contributed by atoms with Gasteiger partial charge in [0.2, 0.25) is 17.7 Å². The summed E-state index contributed by atoms with van der Waals surface area (Å²) in [7, 11) is 0. The van der Waals surface area contributed by atoms with Gasteiger partial charge in [0.25, 0.3) is 0 Å². The first kappa shape index (κ1) is 27.2. The van der Waals surface area contributed by atoms with Gasteiger partial charge in [-0.3, -0.25) is 14.4 Å². The van der Waals surface area contributed by atoms with Crippen molar-refractivity contribution < 1.29 is 14.4 Å². The van der Waals surface area contributed by atoms with Gasteiger partial charge in [0.05, 0.1) is 6.42 Å². The Hall–Kier alpha value is -2.87. The average molecular weight is 559 g/mol. The molecule has 37 heavy (non-hydrogen) atoms. The number of piperazine rings is 1. The van der Waals surface area contributed by atoms with E-state index in [9.17, 15) is 14.4 Å². The number of amides is 3. The Bertz CT molecular complexity index is 1190. The van der Waals surface area contributed by atoms with Gasteiger partial charge in [-0.05, 0) is 47.5 Å². The van der Waals surface area contributed by atoms with E-state index in [1.54, 1.807) is 28.4 Å². The van der Waals surface area contributed by atoms with Gasteiger partial charge in [0, 0.05) is 29.4 Å². The zero-order valence-electron chi connectivity index (χ0n) is 20.3. The highest BCUT2D eigenvalue weighted by Crippen LogP contribution is 2.23. The van der Waals surface area contributed by atoms with Crippen molar-refractivity contribution in [2.45, 2.75) is 37.2 Å². The zero-order valence-corrected chi connectivity index (χ0v) is 22.6. The summed E-state index contributed by atoms with van der Waals surface area (Å²) in [6, 6.07) is 20.1. The number of halogens is 2. The molecule has 194 valence electrons. The summed E-state index contributed by atoms with van der Waals surface area (Å²) in [6.45, 7) is 0.702. The van der Waals surface area contributed by atoms with Gasteiger partial charge in [-0.1, -0.05) is 71.7 Å². The van der Waals surface area contributed by atoms with Crippen molar-refractivity contribution >= 4 is 52.3 Å². The Morgan fingerprint density at radius 1 is 1.00 bits per heavy atom. The van der Waals surface area contributed by atoms with Crippen molar-refractivity contribution in [3.63, 3.8) is 0 Å². The molecule has 1 aliphatic heterocycles. The summed E-state index contributed by atoms with van der Waals surface area (Å²) in [4.78, 5) is 43.8. The molecule has 6 nitrogen and oxygen atoms in total. The van der Waals surface area contributed by atoms with Gasteiger partial charge in [-0.15, -0.1) is 11.3 Å². The van der Waals surface area contributed by atoms with Crippen LogP contribution in [-0.2, 0) is 33.6 Å². The minimum Gasteiger partial charge on any atom is -0.356 e. The van der Waals surface area contributed by atoms with E-state index in [0.29, 0.717) is 37.4 Å². The molecule has 1 aliphatic rings. The van der Waals surface area contributed by atoms with E-state index < -0.39 is 11.5 Å². The summed E-state index contributed by atoms with van der Waals surface area (Å²) in [5.74, 6) is -0.785. The van der Waals surface area contributed by atoms with Gasteiger partial charge in [-0.25, -0.2) is 0 Å². The summed E-state index contributed by atoms with van der Waals surface area (Å²) in [5.41, 5.74) is 1.29. The van der Waals surface area contributed by atoms with Crippen molar-refractivity contribution in [1.82, 2.24) is 15.1 Å². The molecule has 9 heteroatoms. The summed E-state index contributed by atoms with van der Waals surface area (Å²) in [6.07, 6.45) is 1.56. The first-order chi connectivity index (χ1) is 17.9.